The summed E-state index contributed by atoms with van der Waals surface area (Å²) in [6.07, 6.45) is -2.72. The Bertz CT molecular complexity index is 951. The minimum absolute atomic E-state index is 0.0517. The van der Waals surface area contributed by atoms with E-state index < -0.39 is 32.7 Å². The molecule has 6 nitrogen and oxygen atoms in total. The molecule has 1 aromatic carbocycles. The van der Waals surface area contributed by atoms with Crippen LogP contribution in [0.25, 0.3) is 0 Å². The third-order valence-corrected chi connectivity index (χ3v) is 6.80. The van der Waals surface area contributed by atoms with Crippen molar-refractivity contribution in [2.45, 2.75) is 49.3 Å². The topological polar surface area (TPSA) is 68.1 Å². The Morgan fingerprint density at radius 1 is 1.15 bits per heavy atom. The Morgan fingerprint density at radius 3 is 2.50 bits per heavy atom. The highest BCUT2D eigenvalue weighted by atomic mass is 32.2. The van der Waals surface area contributed by atoms with E-state index in [0.29, 0.717) is 17.6 Å². The minimum Gasteiger partial charge on any atom is -0.247 e. The molecule has 2 heterocycles. The molecule has 0 spiro atoms. The summed E-state index contributed by atoms with van der Waals surface area (Å²) in [6.45, 7) is 1.95. The lowest BCUT2D eigenvalue weighted by Crippen LogP contribution is -2.42. The fourth-order valence-corrected chi connectivity index (χ4v) is 5.05. The quantitative estimate of drug-likeness (QED) is 0.813. The SMILES string of the molecule is C[C@@H]1c2nc(C3CC3)nn2CCN1S(=O)(=O)c1ccccc1C(F)(F)F. The second-order valence-electron chi connectivity index (χ2n) is 6.61. The van der Waals surface area contributed by atoms with Crippen molar-refractivity contribution in [2.24, 2.45) is 0 Å². The van der Waals surface area contributed by atoms with E-state index in [9.17, 15) is 21.6 Å². The standard InChI is InChI=1S/C16H17F3N4O2S/c1-10-15-20-14(11-6-7-11)21-22(15)8-9-23(10)26(24,25)13-5-3-2-4-12(13)16(17,18)19/h2-5,10-11H,6-9H2,1H3/t10-/m1/s1. The molecule has 1 aliphatic carbocycles. The minimum atomic E-state index is -4.75. The van der Waals surface area contributed by atoms with Crippen molar-refractivity contribution in [2.75, 3.05) is 6.54 Å². The van der Waals surface area contributed by atoms with Crippen LogP contribution < -0.4 is 0 Å². The van der Waals surface area contributed by atoms with E-state index in [1.165, 1.54) is 12.1 Å². The number of fused-ring (bicyclic) bond motifs is 1. The second-order valence-corrected chi connectivity index (χ2v) is 8.47. The van der Waals surface area contributed by atoms with Gasteiger partial charge in [-0.2, -0.15) is 22.6 Å². The highest BCUT2D eigenvalue weighted by molar-refractivity contribution is 7.89. The van der Waals surface area contributed by atoms with Crippen molar-refractivity contribution in [1.29, 1.82) is 0 Å². The van der Waals surface area contributed by atoms with Crippen LogP contribution in [0.1, 0.15) is 48.9 Å². The van der Waals surface area contributed by atoms with E-state index in [1.54, 1.807) is 11.6 Å². The van der Waals surface area contributed by atoms with Gasteiger partial charge in [-0.15, -0.1) is 0 Å². The largest absolute Gasteiger partial charge is 0.417 e. The molecular formula is C16H17F3N4O2S. The molecule has 140 valence electrons. The van der Waals surface area contributed by atoms with Crippen LogP contribution in [0, 0.1) is 0 Å². The van der Waals surface area contributed by atoms with E-state index in [4.69, 9.17) is 0 Å². The summed E-state index contributed by atoms with van der Waals surface area (Å²) in [5, 5.41) is 4.41. The van der Waals surface area contributed by atoms with Gasteiger partial charge in [0.2, 0.25) is 10.0 Å². The molecule has 0 bridgehead atoms. The molecule has 1 saturated carbocycles. The first kappa shape index (κ1) is 17.5. The van der Waals surface area contributed by atoms with Crippen molar-refractivity contribution < 1.29 is 21.6 Å². The lowest BCUT2D eigenvalue weighted by Gasteiger charge is -2.32. The van der Waals surface area contributed by atoms with E-state index in [-0.39, 0.29) is 13.1 Å². The number of hydrogen-bond donors (Lipinski definition) is 0. The number of nitrogens with zero attached hydrogens (tertiary/aromatic N) is 4. The fraction of sp³-hybridized carbons (Fsp3) is 0.500. The van der Waals surface area contributed by atoms with Gasteiger partial charge in [-0.05, 0) is 31.9 Å². The number of sulfonamides is 1. The Hall–Kier alpha value is -1.94. The monoisotopic (exact) mass is 386 g/mol. The van der Waals surface area contributed by atoms with Crippen LogP contribution in [0.15, 0.2) is 29.2 Å². The molecule has 4 rings (SSSR count). The van der Waals surface area contributed by atoms with Crippen molar-refractivity contribution in [3.05, 3.63) is 41.5 Å². The third kappa shape index (κ3) is 2.81. The van der Waals surface area contributed by atoms with Crippen LogP contribution >= 0.6 is 0 Å². The first-order valence-electron chi connectivity index (χ1n) is 8.32. The summed E-state index contributed by atoms with van der Waals surface area (Å²) >= 11 is 0. The van der Waals surface area contributed by atoms with Gasteiger partial charge in [0.25, 0.3) is 0 Å². The van der Waals surface area contributed by atoms with Crippen molar-refractivity contribution in [1.82, 2.24) is 19.1 Å². The molecule has 1 aliphatic heterocycles. The van der Waals surface area contributed by atoms with Crippen LogP contribution in [-0.2, 0) is 22.7 Å². The van der Waals surface area contributed by atoms with Crippen molar-refractivity contribution in [3.63, 3.8) is 0 Å². The van der Waals surface area contributed by atoms with E-state index in [1.807, 2.05) is 0 Å². The van der Waals surface area contributed by atoms with E-state index >= 15 is 0 Å². The molecule has 0 unspecified atom stereocenters. The van der Waals surface area contributed by atoms with Gasteiger partial charge in [0.15, 0.2) is 5.82 Å². The Morgan fingerprint density at radius 2 is 1.85 bits per heavy atom. The molecule has 0 amide bonds. The van der Waals surface area contributed by atoms with Gasteiger partial charge in [0.1, 0.15) is 5.82 Å². The van der Waals surface area contributed by atoms with E-state index in [0.717, 1.165) is 29.3 Å². The molecule has 1 aromatic heterocycles. The van der Waals surface area contributed by atoms with Crippen LogP contribution in [0.4, 0.5) is 13.2 Å². The maximum absolute atomic E-state index is 13.3. The summed E-state index contributed by atoms with van der Waals surface area (Å²) in [7, 11) is -4.33. The predicted octanol–water partition coefficient (Wildman–Crippen LogP) is 2.94. The predicted molar refractivity (Wildman–Crippen MR) is 85.7 cm³/mol. The summed E-state index contributed by atoms with van der Waals surface area (Å²) < 4.78 is 68.6. The molecule has 0 N–H and O–H groups in total. The Balaban J connectivity index is 1.73. The molecule has 0 radical (unpaired) electrons. The maximum atomic E-state index is 13.3. The zero-order valence-corrected chi connectivity index (χ0v) is 14.8. The lowest BCUT2D eigenvalue weighted by atomic mass is 10.2. The lowest BCUT2D eigenvalue weighted by molar-refractivity contribution is -0.139. The van der Waals surface area contributed by atoms with Gasteiger partial charge in [-0.3, -0.25) is 0 Å². The molecule has 0 saturated heterocycles. The normalized spacial score (nSPS) is 21.6. The fourth-order valence-electron chi connectivity index (χ4n) is 3.26. The molecule has 26 heavy (non-hydrogen) atoms. The Labute approximate surface area is 148 Å². The number of benzene rings is 1. The average Bonchev–Trinajstić information content (AvgIpc) is 3.33. The van der Waals surface area contributed by atoms with Gasteiger partial charge < -0.3 is 0 Å². The van der Waals surface area contributed by atoms with Gasteiger partial charge in [-0.25, -0.2) is 18.1 Å². The van der Waals surface area contributed by atoms with Crippen LogP contribution in [-0.4, -0.2) is 34.0 Å². The Kier molecular flexibility index (Phi) is 3.88. The number of alkyl halides is 3. The first-order valence-corrected chi connectivity index (χ1v) is 9.76. The summed E-state index contributed by atoms with van der Waals surface area (Å²) in [5.41, 5.74) is -1.15. The van der Waals surface area contributed by atoms with Crippen LogP contribution in [0.3, 0.4) is 0 Å². The highest BCUT2D eigenvalue weighted by Gasteiger charge is 2.42. The third-order valence-electron chi connectivity index (χ3n) is 4.78. The molecule has 1 atom stereocenters. The van der Waals surface area contributed by atoms with Gasteiger partial charge in [0.05, 0.1) is 23.0 Å². The summed E-state index contributed by atoms with van der Waals surface area (Å²) in [4.78, 5) is 3.72. The smallest absolute Gasteiger partial charge is 0.247 e. The number of hydrogen-bond acceptors (Lipinski definition) is 4. The highest BCUT2D eigenvalue weighted by Crippen LogP contribution is 2.41. The number of halogens is 3. The first-order chi connectivity index (χ1) is 12.2. The molecular weight excluding hydrogens is 369 g/mol. The summed E-state index contributed by atoms with van der Waals surface area (Å²) in [5.74, 6) is 1.49. The molecule has 1 fully saturated rings. The molecule has 2 aromatic rings. The maximum Gasteiger partial charge on any atom is 0.417 e. The average molecular weight is 386 g/mol. The summed E-state index contributed by atoms with van der Waals surface area (Å²) in [6, 6.07) is 3.58. The van der Waals surface area contributed by atoms with E-state index in [2.05, 4.69) is 10.1 Å². The van der Waals surface area contributed by atoms with Crippen LogP contribution in [0.2, 0.25) is 0 Å². The zero-order valence-electron chi connectivity index (χ0n) is 13.9. The molecule has 10 heteroatoms. The molecule has 2 aliphatic rings. The van der Waals surface area contributed by atoms with Gasteiger partial charge >= 0.3 is 6.18 Å². The van der Waals surface area contributed by atoms with Gasteiger partial charge in [-0.1, -0.05) is 12.1 Å². The second kappa shape index (κ2) is 5.78. The van der Waals surface area contributed by atoms with Crippen molar-refractivity contribution in [3.8, 4) is 0 Å². The van der Waals surface area contributed by atoms with Crippen molar-refractivity contribution >= 4 is 10.0 Å². The van der Waals surface area contributed by atoms with Crippen LogP contribution in [0.5, 0.6) is 0 Å². The number of rotatable bonds is 3. The number of aromatic nitrogens is 3. The van der Waals surface area contributed by atoms with Gasteiger partial charge in [0, 0.05) is 12.5 Å². The zero-order chi connectivity index (χ0) is 18.7.